The minimum Gasteiger partial charge on any atom is -0.496 e. The Morgan fingerprint density at radius 1 is 1.41 bits per heavy atom. The Morgan fingerprint density at radius 3 is 2.68 bits per heavy atom. The summed E-state index contributed by atoms with van der Waals surface area (Å²) in [5, 5.41) is 12.1. The first-order valence-corrected chi connectivity index (χ1v) is 8.17. The van der Waals surface area contributed by atoms with Crippen molar-refractivity contribution >= 4 is 27.8 Å². The van der Waals surface area contributed by atoms with Crippen molar-refractivity contribution in [3.05, 3.63) is 28.2 Å². The van der Waals surface area contributed by atoms with E-state index in [1.165, 1.54) is 12.8 Å². The van der Waals surface area contributed by atoms with Crippen LogP contribution in [0.15, 0.2) is 22.7 Å². The number of carbonyl (C=O) groups is 2. The third kappa shape index (κ3) is 3.11. The Balaban J connectivity index is 1.71. The molecule has 6 heteroatoms. The molecule has 0 bridgehead atoms. The standard InChI is InChI=1S/C16H18BrNO4/c1-22-13-5-4-9(6-12(13)17)14(16(20)21)18-15(19)11-7-10(11)8-2-3-8/h4-6,8,10-11,14H,2-3,7H2,1H3,(H,18,19)(H,20,21). The molecule has 2 aliphatic rings. The highest BCUT2D eigenvalue weighted by molar-refractivity contribution is 9.10. The molecule has 118 valence electrons. The van der Waals surface area contributed by atoms with Gasteiger partial charge >= 0.3 is 5.97 Å². The molecular weight excluding hydrogens is 350 g/mol. The van der Waals surface area contributed by atoms with E-state index in [1.807, 2.05) is 0 Å². The van der Waals surface area contributed by atoms with Crippen LogP contribution in [-0.2, 0) is 9.59 Å². The molecule has 3 atom stereocenters. The number of carbonyl (C=O) groups excluding carboxylic acids is 1. The van der Waals surface area contributed by atoms with Crippen LogP contribution in [0.3, 0.4) is 0 Å². The van der Waals surface area contributed by atoms with Crippen molar-refractivity contribution in [2.45, 2.75) is 25.3 Å². The van der Waals surface area contributed by atoms with E-state index in [0.717, 1.165) is 6.42 Å². The Hall–Kier alpha value is -1.56. The number of halogens is 1. The molecule has 0 aromatic heterocycles. The summed E-state index contributed by atoms with van der Waals surface area (Å²) in [6.45, 7) is 0. The molecule has 0 heterocycles. The number of carboxylic acids is 1. The van der Waals surface area contributed by atoms with Crippen molar-refractivity contribution in [1.29, 1.82) is 0 Å². The zero-order chi connectivity index (χ0) is 15.9. The van der Waals surface area contributed by atoms with E-state index in [4.69, 9.17) is 4.74 Å². The molecule has 1 aromatic rings. The number of benzene rings is 1. The van der Waals surface area contributed by atoms with Crippen molar-refractivity contribution in [1.82, 2.24) is 5.32 Å². The SMILES string of the molecule is COc1ccc(C(NC(=O)C2CC2C2CC2)C(=O)O)cc1Br. The van der Waals surface area contributed by atoms with Gasteiger partial charge in [0, 0.05) is 5.92 Å². The average Bonchev–Trinajstić information content (AvgIpc) is 3.35. The number of ether oxygens (including phenoxy) is 1. The maximum atomic E-state index is 12.2. The topological polar surface area (TPSA) is 75.6 Å². The van der Waals surface area contributed by atoms with E-state index in [0.29, 0.717) is 27.6 Å². The monoisotopic (exact) mass is 367 g/mol. The van der Waals surface area contributed by atoms with E-state index >= 15 is 0 Å². The Labute approximate surface area is 137 Å². The normalized spacial score (nSPS) is 24.5. The zero-order valence-electron chi connectivity index (χ0n) is 12.2. The molecular formula is C16H18BrNO4. The maximum Gasteiger partial charge on any atom is 0.330 e. The second kappa shape index (κ2) is 5.91. The summed E-state index contributed by atoms with van der Waals surface area (Å²) in [6.07, 6.45) is 3.32. The molecule has 0 aliphatic heterocycles. The van der Waals surface area contributed by atoms with Crippen molar-refractivity contribution in [3.63, 3.8) is 0 Å². The number of carboxylic acid groups (broad SMARTS) is 1. The van der Waals surface area contributed by atoms with Gasteiger partial charge in [0.1, 0.15) is 5.75 Å². The van der Waals surface area contributed by atoms with Gasteiger partial charge in [0.05, 0.1) is 11.6 Å². The van der Waals surface area contributed by atoms with Crippen molar-refractivity contribution in [2.24, 2.45) is 17.8 Å². The average molecular weight is 368 g/mol. The molecule has 3 rings (SSSR count). The van der Waals surface area contributed by atoms with Crippen LogP contribution >= 0.6 is 15.9 Å². The molecule has 2 N–H and O–H groups in total. The molecule has 22 heavy (non-hydrogen) atoms. The Morgan fingerprint density at radius 2 is 2.14 bits per heavy atom. The number of amides is 1. The molecule has 3 unspecified atom stereocenters. The van der Waals surface area contributed by atoms with E-state index in [2.05, 4.69) is 21.2 Å². The minimum atomic E-state index is -1.06. The predicted octanol–water partition coefficient (Wildman–Crippen LogP) is 2.75. The number of aliphatic carboxylic acids is 1. The van der Waals surface area contributed by atoms with Gasteiger partial charge in [-0.15, -0.1) is 0 Å². The molecule has 1 aromatic carbocycles. The largest absolute Gasteiger partial charge is 0.496 e. The summed E-state index contributed by atoms with van der Waals surface area (Å²) in [7, 11) is 1.54. The van der Waals surface area contributed by atoms with E-state index in [-0.39, 0.29) is 11.8 Å². The Bertz CT molecular complexity index is 614. The fraction of sp³-hybridized carbons (Fsp3) is 0.500. The first-order chi connectivity index (χ1) is 10.5. The minimum absolute atomic E-state index is 0.00367. The fourth-order valence-electron chi connectivity index (χ4n) is 2.96. The van der Waals surface area contributed by atoms with Gasteiger partial charge in [-0.25, -0.2) is 4.79 Å². The maximum absolute atomic E-state index is 12.2. The quantitative estimate of drug-likeness (QED) is 0.810. The molecule has 2 fully saturated rings. The van der Waals surface area contributed by atoms with Crippen molar-refractivity contribution < 1.29 is 19.4 Å². The third-order valence-electron chi connectivity index (χ3n) is 4.45. The molecule has 1 amide bonds. The molecule has 5 nitrogen and oxygen atoms in total. The van der Waals surface area contributed by atoms with Crippen molar-refractivity contribution in [3.8, 4) is 5.75 Å². The molecule has 0 spiro atoms. The molecule has 0 radical (unpaired) electrons. The summed E-state index contributed by atoms with van der Waals surface area (Å²) in [4.78, 5) is 23.7. The number of hydrogen-bond donors (Lipinski definition) is 2. The number of rotatable bonds is 6. The Kier molecular flexibility index (Phi) is 4.12. The lowest BCUT2D eigenvalue weighted by Gasteiger charge is -2.16. The zero-order valence-corrected chi connectivity index (χ0v) is 13.8. The second-order valence-electron chi connectivity index (χ2n) is 6.02. The lowest BCUT2D eigenvalue weighted by atomic mass is 10.1. The summed E-state index contributed by atoms with van der Waals surface area (Å²) < 4.78 is 5.80. The van der Waals surface area contributed by atoms with Crippen LogP contribution in [0.25, 0.3) is 0 Å². The predicted molar refractivity (Wildman–Crippen MR) is 83.5 cm³/mol. The van der Waals surface area contributed by atoms with Crippen LogP contribution in [-0.4, -0.2) is 24.1 Å². The van der Waals surface area contributed by atoms with Crippen LogP contribution in [0, 0.1) is 17.8 Å². The van der Waals surface area contributed by atoms with Crippen LogP contribution in [0.5, 0.6) is 5.75 Å². The van der Waals surface area contributed by atoms with Gasteiger partial charge in [0.25, 0.3) is 0 Å². The van der Waals surface area contributed by atoms with E-state index in [1.54, 1.807) is 25.3 Å². The van der Waals surface area contributed by atoms with Gasteiger partial charge in [-0.1, -0.05) is 6.07 Å². The number of hydrogen-bond acceptors (Lipinski definition) is 3. The van der Waals surface area contributed by atoms with Gasteiger partial charge in [-0.05, 0) is 64.7 Å². The van der Waals surface area contributed by atoms with E-state index in [9.17, 15) is 14.7 Å². The van der Waals surface area contributed by atoms with Crippen molar-refractivity contribution in [2.75, 3.05) is 7.11 Å². The lowest BCUT2D eigenvalue weighted by Crippen LogP contribution is -2.35. The van der Waals surface area contributed by atoms with Gasteiger partial charge in [-0.2, -0.15) is 0 Å². The van der Waals surface area contributed by atoms with Gasteiger partial charge in [-0.3, -0.25) is 4.79 Å². The van der Waals surface area contributed by atoms with Crippen LogP contribution in [0.2, 0.25) is 0 Å². The first-order valence-electron chi connectivity index (χ1n) is 7.38. The molecule has 2 saturated carbocycles. The highest BCUT2D eigenvalue weighted by Crippen LogP contribution is 2.54. The lowest BCUT2D eigenvalue weighted by molar-refractivity contribution is -0.142. The number of methoxy groups -OCH3 is 1. The summed E-state index contributed by atoms with van der Waals surface area (Å²) >= 11 is 3.34. The second-order valence-corrected chi connectivity index (χ2v) is 6.87. The summed E-state index contributed by atoms with van der Waals surface area (Å²) in [5.41, 5.74) is 0.525. The first kappa shape index (κ1) is 15.3. The summed E-state index contributed by atoms with van der Waals surface area (Å²) in [5.74, 6) is 0.572. The smallest absolute Gasteiger partial charge is 0.330 e. The third-order valence-corrected chi connectivity index (χ3v) is 5.07. The summed E-state index contributed by atoms with van der Waals surface area (Å²) in [6, 6.07) is 3.98. The van der Waals surface area contributed by atoms with Crippen LogP contribution in [0.4, 0.5) is 0 Å². The van der Waals surface area contributed by atoms with Crippen LogP contribution < -0.4 is 10.1 Å². The highest BCUT2D eigenvalue weighted by Gasteiger charge is 2.51. The van der Waals surface area contributed by atoms with Gasteiger partial charge < -0.3 is 15.2 Å². The highest BCUT2D eigenvalue weighted by atomic mass is 79.9. The molecule has 0 saturated heterocycles. The fourth-order valence-corrected chi connectivity index (χ4v) is 3.52. The van der Waals surface area contributed by atoms with Gasteiger partial charge in [0.15, 0.2) is 6.04 Å². The number of nitrogens with one attached hydrogen (secondary N) is 1. The van der Waals surface area contributed by atoms with E-state index < -0.39 is 12.0 Å². The van der Waals surface area contributed by atoms with Crippen LogP contribution in [0.1, 0.15) is 30.9 Å². The molecule has 2 aliphatic carbocycles. The van der Waals surface area contributed by atoms with Gasteiger partial charge in [0.2, 0.25) is 5.91 Å².